The molecule has 0 spiro atoms. The molecule has 3 N–H and O–H groups in total. The second-order valence-electron chi connectivity index (χ2n) is 2.93. The van der Waals surface area contributed by atoms with E-state index in [1.165, 1.54) is 6.08 Å². The fraction of sp³-hybridized carbons (Fsp3) is 0.556. The normalized spacial score (nSPS) is 15.3. The third-order valence-corrected chi connectivity index (χ3v) is 1.77. The van der Waals surface area contributed by atoms with Crippen LogP contribution in [0.25, 0.3) is 0 Å². The summed E-state index contributed by atoms with van der Waals surface area (Å²) in [7, 11) is 0. The average Bonchev–Trinajstić information content (AvgIpc) is 2.10. The molecule has 0 fully saturated rings. The SMILES string of the molecule is CCC[C@H](C=CC(=O)O)[C@@H](O)C(=O)O. The van der Waals surface area contributed by atoms with Gasteiger partial charge in [0.25, 0.3) is 0 Å². The molecule has 5 heteroatoms. The Bertz CT molecular complexity index is 233. The Morgan fingerprint density at radius 1 is 1.36 bits per heavy atom. The van der Waals surface area contributed by atoms with E-state index in [-0.39, 0.29) is 0 Å². The molecule has 0 amide bonds. The summed E-state index contributed by atoms with van der Waals surface area (Å²) < 4.78 is 0. The van der Waals surface area contributed by atoms with Crippen LogP contribution < -0.4 is 0 Å². The average molecular weight is 202 g/mol. The number of carboxylic acid groups (broad SMARTS) is 2. The standard InChI is InChI=1S/C9H14O5/c1-2-3-6(4-5-7(10)11)8(12)9(13)14/h4-6,8,12H,2-3H2,1H3,(H,10,11)(H,13,14)/t6-,8-/m1/s1. The Labute approximate surface area is 81.7 Å². The van der Waals surface area contributed by atoms with Crippen molar-refractivity contribution in [3.63, 3.8) is 0 Å². The summed E-state index contributed by atoms with van der Waals surface area (Å²) in [6, 6.07) is 0. The van der Waals surface area contributed by atoms with E-state index in [9.17, 15) is 14.7 Å². The summed E-state index contributed by atoms with van der Waals surface area (Å²) in [6.07, 6.45) is 1.65. The Morgan fingerprint density at radius 3 is 2.29 bits per heavy atom. The third kappa shape index (κ3) is 4.61. The van der Waals surface area contributed by atoms with Gasteiger partial charge < -0.3 is 15.3 Å². The van der Waals surface area contributed by atoms with Gasteiger partial charge in [0.2, 0.25) is 0 Å². The minimum absolute atomic E-state index is 0.442. The molecule has 14 heavy (non-hydrogen) atoms. The monoisotopic (exact) mass is 202 g/mol. The lowest BCUT2D eigenvalue weighted by atomic mass is 9.96. The Morgan fingerprint density at radius 2 is 1.93 bits per heavy atom. The molecule has 0 saturated carbocycles. The molecular formula is C9H14O5. The summed E-state index contributed by atoms with van der Waals surface area (Å²) in [4.78, 5) is 20.6. The molecule has 0 bridgehead atoms. The zero-order valence-electron chi connectivity index (χ0n) is 7.88. The van der Waals surface area contributed by atoms with Gasteiger partial charge in [0, 0.05) is 12.0 Å². The maximum Gasteiger partial charge on any atom is 0.333 e. The van der Waals surface area contributed by atoms with Crippen LogP contribution in [0.2, 0.25) is 0 Å². The van der Waals surface area contributed by atoms with Gasteiger partial charge in [-0.1, -0.05) is 19.4 Å². The predicted octanol–water partition coefficient (Wildman–Crippen LogP) is 0.489. The van der Waals surface area contributed by atoms with Crippen LogP contribution in [-0.4, -0.2) is 33.4 Å². The maximum atomic E-state index is 10.4. The molecule has 0 aromatic carbocycles. The summed E-state index contributed by atoms with van der Waals surface area (Å²) in [6.45, 7) is 1.83. The lowest BCUT2D eigenvalue weighted by Gasteiger charge is -2.14. The molecule has 0 rings (SSSR count). The number of rotatable bonds is 6. The van der Waals surface area contributed by atoms with Gasteiger partial charge in [0.15, 0.2) is 6.10 Å². The molecule has 0 heterocycles. The second-order valence-corrected chi connectivity index (χ2v) is 2.93. The highest BCUT2D eigenvalue weighted by Crippen LogP contribution is 2.13. The van der Waals surface area contributed by atoms with Gasteiger partial charge in [-0.25, -0.2) is 9.59 Å². The highest BCUT2D eigenvalue weighted by Gasteiger charge is 2.22. The molecule has 0 aromatic rings. The highest BCUT2D eigenvalue weighted by atomic mass is 16.4. The third-order valence-electron chi connectivity index (χ3n) is 1.77. The first kappa shape index (κ1) is 12.6. The van der Waals surface area contributed by atoms with Crippen LogP contribution in [0.15, 0.2) is 12.2 Å². The first-order chi connectivity index (χ1) is 6.49. The Balaban J connectivity index is 4.42. The van der Waals surface area contributed by atoms with Gasteiger partial charge in [0.1, 0.15) is 0 Å². The van der Waals surface area contributed by atoms with Crippen molar-refractivity contribution < 1.29 is 24.9 Å². The minimum Gasteiger partial charge on any atom is -0.479 e. The largest absolute Gasteiger partial charge is 0.479 e. The highest BCUT2D eigenvalue weighted by molar-refractivity contribution is 5.80. The van der Waals surface area contributed by atoms with E-state index in [0.29, 0.717) is 12.8 Å². The number of aliphatic hydroxyl groups excluding tert-OH is 1. The summed E-state index contributed by atoms with van der Waals surface area (Å²) in [5.41, 5.74) is 0. The van der Waals surface area contributed by atoms with Gasteiger partial charge in [-0.2, -0.15) is 0 Å². The molecule has 2 atom stereocenters. The van der Waals surface area contributed by atoms with Crippen molar-refractivity contribution in [3.05, 3.63) is 12.2 Å². The zero-order chi connectivity index (χ0) is 11.1. The number of carboxylic acids is 2. The van der Waals surface area contributed by atoms with Gasteiger partial charge in [-0.05, 0) is 6.42 Å². The second kappa shape index (κ2) is 6.15. The van der Waals surface area contributed by atoms with Crippen molar-refractivity contribution in [2.75, 3.05) is 0 Å². The lowest BCUT2D eigenvalue weighted by Crippen LogP contribution is -2.28. The molecule has 0 unspecified atom stereocenters. The van der Waals surface area contributed by atoms with Crippen LogP contribution in [0.3, 0.4) is 0 Å². The fourth-order valence-electron chi connectivity index (χ4n) is 1.08. The number of hydrogen-bond acceptors (Lipinski definition) is 3. The van der Waals surface area contributed by atoms with Crippen molar-refractivity contribution in [1.29, 1.82) is 0 Å². The van der Waals surface area contributed by atoms with Crippen LogP contribution in [0.5, 0.6) is 0 Å². The smallest absolute Gasteiger partial charge is 0.333 e. The van der Waals surface area contributed by atoms with Gasteiger partial charge in [-0.15, -0.1) is 0 Å². The molecule has 0 saturated heterocycles. The van der Waals surface area contributed by atoms with Gasteiger partial charge in [-0.3, -0.25) is 0 Å². The van der Waals surface area contributed by atoms with Crippen LogP contribution >= 0.6 is 0 Å². The van der Waals surface area contributed by atoms with E-state index in [4.69, 9.17) is 10.2 Å². The number of carbonyl (C=O) groups is 2. The predicted molar refractivity (Wildman–Crippen MR) is 48.8 cm³/mol. The maximum absolute atomic E-state index is 10.4. The molecule has 80 valence electrons. The summed E-state index contributed by atoms with van der Waals surface area (Å²) in [5, 5.41) is 26.0. The zero-order valence-corrected chi connectivity index (χ0v) is 7.88. The Hall–Kier alpha value is -1.36. The van der Waals surface area contributed by atoms with Crippen molar-refractivity contribution in [3.8, 4) is 0 Å². The molecule has 5 nitrogen and oxygen atoms in total. The minimum atomic E-state index is -1.54. The van der Waals surface area contributed by atoms with Crippen LogP contribution in [0.4, 0.5) is 0 Å². The van der Waals surface area contributed by atoms with E-state index in [2.05, 4.69) is 0 Å². The molecule has 0 radical (unpaired) electrons. The number of hydrogen-bond donors (Lipinski definition) is 3. The lowest BCUT2D eigenvalue weighted by molar-refractivity contribution is -0.148. The van der Waals surface area contributed by atoms with Crippen LogP contribution in [0.1, 0.15) is 19.8 Å². The van der Waals surface area contributed by atoms with Crippen molar-refractivity contribution in [2.24, 2.45) is 5.92 Å². The molecule has 0 aliphatic rings. The number of aliphatic carboxylic acids is 2. The number of aliphatic hydroxyl groups is 1. The fourth-order valence-corrected chi connectivity index (χ4v) is 1.08. The molecule has 0 aliphatic heterocycles. The van der Waals surface area contributed by atoms with Crippen LogP contribution in [0, 0.1) is 5.92 Å². The van der Waals surface area contributed by atoms with E-state index in [0.717, 1.165) is 6.08 Å². The van der Waals surface area contributed by atoms with E-state index in [1.807, 2.05) is 6.92 Å². The Kier molecular flexibility index (Phi) is 5.55. The molecule has 0 aliphatic carbocycles. The van der Waals surface area contributed by atoms with Crippen molar-refractivity contribution in [2.45, 2.75) is 25.9 Å². The molecule has 0 aromatic heterocycles. The quantitative estimate of drug-likeness (QED) is 0.545. The van der Waals surface area contributed by atoms with Gasteiger partial charge in [0.05, 0.1) is 0 Å². The molecular weight excluding hydrogens is 188 g/mol. The summed E-state index contributed by atoms with van der Waals surface area (Å²) in [5.74, 6) is -3.13. The topological polar surface area (TPSA) is 94.8 Å². The van der Waals surface area contributed by atoms with Gasteiger partial charge >= 0.3 is 11.9 Å². The van der Waals surface area contributed by atoms with E-state index < -0.39 is 24.0 Å². The first-order valence-electron chi connectivity index (χ1n) is 4.31. The van der Waals surface area contributed by atoms with Crippen molar-refractivity contribution in [1.82, 2.24) is 0 Å². The van der Waals surface area contributed by atoms with E-state index >= 15 is 0 Å². The first-order valence-corrected chi connectivity index (χ1v) is 4.31. The van der Waals surface area contributed by atoms with E-state index in [1.54, 1.807) is 0 Å². The summed E-state index contributed by atoms with van der Waals surface area (Å²) >= 11 is 0. The van der Waals surface area contributed by atoms with Crippen LogP contribution in [-0.2, 0) is 9.59 Å². The van der Waals surface area contributed by atoms with Crippen molar-refractivity contribution >= 4 is 11.9 Å².